The van der Waals surface area contributed by atoms with E-state index in [9.17, 15) is 0 Å². The van der Waals surface area contributed by atoms with Crippen LogP contribution in [0.25, 0.3) is 0 Å². The van der Waals surface area contributed by atoms with E-state index in [1.54, 1.807) is 0 Å². The molecule has 1 aromatic heterocycles. The summed E-state index contributed by atoms with van der Waals surface area (Å²) in [5.41, 5.74) is 1.17. The molecule has 0 aliphatic heterocycles. The Balaban J connectivity index is 1.89. The van der Waals surface area contributed by atoms with Crippen LogP contribution in [-0.2, 0) is 6.54 Å². The van der Waals surface area contributed by atoms with E-state index in [1.165, 1.54) is 44.1 Å². The molecule has 100 valence electrons. The molecule has 18 heavy (non-hydrogen) atoms. The van der Waals surface area contributed by atoms with Gasteiger partial charge in [0.15, 0.2) is 0 Å². The molecule has 0 unspecified atom stereocenters. The van der Waals surface area contributed by atoms with E-state index in [-0.39, 0.29) is 0 Å². The van der Waals surface area contributed by atoms with Gasteiger partial charge in [0.2, 0.25) is 0 Å². The first kappa shape index (κ1) is 13.5. The zero-order chi connectivity index (χ0) is 12.8. The smallest absolute Gasteiger partial charge is 0.131 e. The molecule has 3 nitrogen and oxygen atoms in total. The zero-order valence-corrected chi connectivity index (χ0v) is 11.7. The molecule has 1 saturated carbocycles. The SMILES string of the molecule is CCCC1CCC(c2ncc(CNC)cn2)CC1. The van der Waals surface area contributed by atoms with Crippen molar-refractivity contribution >= 4 is 0 Å². The van der Waals surface area contributed by atoms with Gasteiger partial charge < -0.3 is 5.32 Å². The van der Waals surface area contributed by atoms with E-state index in [1.807, 2.05) is 19.4 Å². The summed E-state index contributed by atoms with van der Waals surface area (Å²) in [5.74, 6) is 2.61. The Kier molecular flexibility index (Phi) is 5.12. The van der Waals surface area contributed by atoms with Crippen LogP contribution in [0.1, 0.15) is 62.8 Å². The number of hydrogen-bond acceptors (Lipinski definition) is 3. The van der Waals surface area contributed by atoms with Gasteiger partial charge in [-0.15, -0.1) is 0 Å². The van der Waals surface area contributed by atoms with Crippen molar-refractivity contribution in [2.24, 2.45) is 5.92 Å². The Hall–Kier alpha value is -0.960. The zero-order valence-electron chi connectivity index (χ0n) is 11.7. The maximum absolute atomic E-state index is 4.54. The van der Waals surface area contributed by atoms with Gasteiger partial charge in [0.1, 0.15) is 5.82 Å². The fourth-order valence-electron chi connectivity index (χ4n) is 2.99. The molecule has 1 aromatic rings. The molecule has 0 spiro atoms. The van der Waals surface area contributed by atoms with E-state index in [4.69, 9.17) is 0 Å². The molecular formula is C15H25N3. The van der Waals surface area contributed by atoms with Gasteiger partial charge in [-0.2, -0.15) is 0 Å². The lowest BCUT2D eigenvalue weighted by Crippen LogP contribution is -2.15. The first-order chi connectivity index (χ1) is 8.83. The highest BCUT2D eigenvalue weighted by molar-refractivity contribution is 5.07. The highest BCUT2D eigenvalue weighted by Gasteiger charge is 2.23. The summed E-state index contributed by atoms with van der Waals surface area (Å²) in [6.45, 7) is 3.14. The summed E-state index contributed by atoms with van der Waals surface area (Å²) in [7, 11) is 1.95. The number of nitrogens with one attached hydrogen (secondary N) is 1. The lowest BCUT2D eigenvalue weighted by Gasteiger charge is -2.27. The Labute approximate surface area is 110 Å². The lowest BCUT2D eigenvalue weighted by molar-refractivity contribution is 0.302. The van der Waals surface area contributed by atoms with Crippen molar-refractivity contribution in [3.05, 3.63) is 23.8 Å². The molecule has 1 aliphatic carbocycles. The van der Waals surface area contributed by atoms with Crippen molar-refractivity contribution < 1.29 is 0 Å². The van der Waals surface area contributed by atoms with Crippen molar-refractivity contribution in [2.75, 3.05) is 7.05 Å². The molecular weight excluding hydrogens is 222 g/mol. The van der Waals surface area contributed by atoms with Crippen molar-refractivity contribution in [1.29, 1.82) is 0 Å². The highest BCUT2D eigenvalue weighted by atomic mass is 14.9. The normalized spacial score (nSPS) is 24.1. The van der Waals surface area contributed by atoms with Gasteiger partial charge >= 0.3 is 0 Å². The van der Waals surface area contributed by atoms with E-state index in [0.717, 1.165) is 18.3 Å². The van der Waals surface area contributed by atoms with Gasteiger partial charge in [-0.05, 0) is 38.6 Å². The number of hydrogen-bond donors (Lipinski definition) is 1. The van der Waals surface area contributed by atoms with Crippen LogP contribution in [0.15, 0.2) is 12.4 Å². The second-order valence-electron chi connectivity index (χ2n) is 5.49. The van der Waals surface area contributed by atoms with Gasteiger partial charge in [-0.3, -0.25) is 0 Å². The minimum absolute atomic E-state index is 0.599. The number of aromatic nitrogens is 2. The van der Waals surface area contributed by atoms with Crippen LogP contribution in [0, 0.1) is 5.92 Å². The molecule has 3 heteroatoms. The monoisotopic (exact) mass is 247 g/mol. The minimum Gasteiger partial charge on any atom is -0.316 e. The molecule has 0 aromatic carbocycles. The molecule has 1 heterocycles. The first-order valence-electron chi connectivity index (χ1n) is 7.29. The molecule has 0 radical (unpaired) electrons. The minimum atomic E-state index is 0.599. The Morgan fingerprint density at radius 3 is 2.39 bits per heavy atom. The fourth-order valence-corrected chi connectivity index (χ4v) is 2.99. The van der Waals surface area contributed by atoms with Crippen LogP contribution in [0.4, 0.5) is 0 Å². The lowest BCUT2D eigenvalue weighted by atomic mass is 9.80. The molecule has 1 aliphatic rings. The maximum atomic E-state index is 4.54. The summed E-state index contributed by atoms with van der Waals surface area (Å²) in [6.07, 6.45) is 11.9. The van der Waals surface area contributed by atoms with E-state index < -0.39 is 0 Å². The second kappa shape index (κ2) is 6.83. The standard InChI is InChI=1S/C15H25N3/c1-3-4-12-5-7-14(8-6-12)15-17-10-13(9-16-2)11-18-15/h10-12,14,16H,3-9H2,1-2H3. The number of rotatable bonds is 5. The first-order valence-corrected chi connectivity index (χ1v) is 7.29. The van der Waals surface area contributed by atoms with Crippen molar-refractivity contribution in [3.63, 3.8) is 0 Å². The third-order valence-corrected chi connectivity index (χ3v) is 4.02. The molecule has 0 bridgehead atoms. The molecule has 0 amide bonds. The molecule has 2 rings (SSSR count). The third-order valence-electron chi connectivity index (χ3n) is 4.02. The molecule has 1 fully saturated rings. The summed E-state index contributed by atoms with van der Waals surface area (Å²) in [4.78, 5) is 9.08. The largest absolute Gasteiger partial charge is 0.316 e. The Morgan fingerprint density at radius 2 is 1.83 bits per heavy atom. The van der Waals surface area contributed by atoms with Crippen LogP contribution in [0.5, 0.6) is 0 Å². The van der Waals surface area contributed by atoms with Crippen LogP contribution in [0.3, 0.4) is 0 Å². The Bertz CT molecular complexity index is 339. The van der Waals surface area contributed by atoms with Gasteiger partial charge in [-0.25, -0.2) is 9.97 Å². The van der Waals surface area contributed by atoms with E-state index >= 15 is 0 Å². The van der Waals surface area contributed by atoms with Crippen LogP contribution in [-0.4, -0.2) is 17.0 Å². The van der Waals surface area contributed by atoms with Crippen LogP contribution >= 0.6 is 0 Å². The molecule has 0 saturated heterocycles. The van der Waals surface area contributed by atoms with Gasteiger partial charge in [0, 0.05) is 30.4 Å². The number of nitrogens with zero attached hydrogens (tertiary/aromatic N) is 2. The van der Waals surface area contributed by atoms with Crippen LogP contribution < -0.4 is 5.32 Å². The quantitative estimate of drug-likeness (QED) is 0.867. The predicted molar refractivity (Wildman–Crippen MR) is 74.4 cm³/mol. The summed E-state index contributed by atoms with van der Waals surface area (Å²) >= 11 is 0. The second-order valence-corrected chi connectivity index (χ2v) is 5.49. The molecule has 1 N–H and O–H groups in total. The predicted octanol–water partition coefficient (Wildman–Crippen LogP) is 3.27. The fraction of sp³-hybridized carbons (Fsp3) is 0.733. The molecule has 0 atom stereocenters. The average Bonchev–Trinajstić information content (AvgIpc) is 2.41. The van der Waals surface area contributed by atoms with Gasteiger partial charge in [-0.1, -0.05) is 19.8 Å². The van der Waals surface area contributed by atoms with E-state index in [2.05, 4.69) is 22.2 Å². The summed E-state index contributed by atoms with van der Waals surface area (Å²) < 4.78 is 0. The third kappa shape index (κ3) is 3.52. The van der Waals surface area contributed by atoms with Gasteiger partial charge in [0.05, 0.1) is 0 Å². The average molecular weight is 247 g/mol. The summed E-state index contributed by atoms with van der Waals surface area (Å²) in [6, 6.07) is 0. The maximum Gasteiger partial charge on any atom is 0.131 e. The Morgan fingerprint density at radius 1 is 1.17 bits per heavy atom. The van der Waals surface area contributed by atoms with E-state index in [0.29, 0.717) is 5.92 Å². The topological polar surface area (TPSA) is 37.8 Å². The van der Waals surface area contributed by atoms with Crippen molar-refractivity contribution in [1.82, 2.24) is 15.3 Å². The van der Waals surface area contributed by atoms with Crippen molar-refractivity contribution in [2.45, 2.75) is 57.9 Å². The van der Waals surface area contributed by atoms with Gasteiger partial charge in [0.25, 0.3) is 0 Å². The summed E-state index contributed by atoms with van der Waals surface area (Å²) in [5, 5.41) is 3.12. The van der Waals surface area contributed by atoms with Crippen LogP contribution in [0.2, 0.25) is 0 Å². The highest BCUT2D eigenvalue weighted by Crippen LogP contribution is 2.35. The van der Waals surface area contributed by atoms with Crippen molar-refractivity contribution in [3.8, 4) is 0 Å².